The summed E-state index contributed by atoms with van der Waals surface area (Å²) in [6.45, 7) is 4.72. The number of anilines is 2. The summed E-state index contributed by atoms with van der Waals surface area (Å²) in [7, 11) is 0. The molecular formula is C17H22N4OS. The molecule has 0 aliphatic carbocycles. The predicted octanol–water partition coefficient (Wildman–Crippen LogP) is 3.49. The fraction of sp³-hybridized carbons (Fsp3) is 0.412. The van der Waals surface area contributed by atoms with Crippen molar-refractivity contribution < 1.29 is 4.79 Å². The number of benzene rings is 1. The predicted molar refractivity (Wildman–Crippen MR) is 95.3 cm³/mol. The molecule has 5 nitrogen and oxygen atoms in total. The van der Waals surface area contributed by atoms with Gasteiger partial charge in [0.05, 0.1) is 0 Å². The van der Waals surface area contributed by atoms with E-state index in [9.17, 15) is 4.79 Å². The minimum Gasteiger partial charge on any atom is -0.348 e. The van der Waals surface area contributed by atoms with E-state index in [1.165, 1.54) is 0 Å². The Labute approximate surface area is 140 Å². The van der Waals surface area contributed by atoms with Gasteiger partial charge in [0.15, 0.2) is 5.13 Å². The van der Waals surface area contributed by atoms with Gasteiger partial charge in [-0.2, -0.15) is 0 Å². The van der Waals surface area contributed by atoms with Gasteiger partial charge in [0.2, 0.25) is 0 Å². The van der Waals surface area contributed by atoms with Crippen molar-refractivity contribution >= 4 is 28.2 Å². The standard InChI is InChI=1S/C17H22N4OS/c1-13-4-2-6-15(10-13)20-16(22)19-11-14-5-3-8-21(12-14)17-18-7-9-23-17/h2,4,6-7,9-10,14H,3,5,8,11-12H2,1H3,(H2,19,20,22). The molecule has 0 spiro atoms. The largest absolute Gasteiger partial charge is 0.348 e. The Morgan fingerprint density at radius 1 is 1.48 bits per heavy atom. The Morgan fingerprint density at radius 2 is 2.39 bits per heavy atom. The summed E-state index contributed by atoms with van der Waals surface area (Å²) in [4.78, 5) is 18.7. The van der Waals surface area contributed by atoms with Crippen molar-refractivity contribution in [2.24, 2.45) is 5.92 Å². The highest BCUT2D eigenvalue weighted by Crippen LogP contribution is 2.24. The molecule has 0 saturated carbocycles. The van der Waals surface area contributed by atoms with Gasteiger partial charge in [0.25, 0.3) is 0 Å². The van der Waals surface area contributed by atoms with Gasteiger partial charge in [-0.1, -0.05) is 12.1 Å². The second-order valence-electron chi connectivity index (χ2n) is 5.97. The number of hydrogen-bond donors (Lipinski definition) is 2. The number of carbonyl (C=O) groups excluding carboxylic acids is 1. The normalized spacial score (nSPS) is 17.8. The van der Waals surface area contributed by atoms with E-state index in [0.29, 0.717) is 12.5 Å². The Kier molecular flexibility index (Phi) is 5.12. The van der Waals surface area contributed by atoms with Gasteiger partial charge in [0, 0.05) is 36.9 Å². The first-order valence-corrected chi connectivity index (χ1v) is 8.84. The molecule has 1 saturated heterocycles. The zero-order chi connectivity index (χ0) is 16.1. The minimum absolute atomic E-state index is 0.137. The summed E-state index contributed by atoms with van der Waals surface area (Å²) < 4.78 is 0. The van der Waals surface area contributed by atoms with Crippen LogP contribution in [0, 0.1) is 12.8 Å². The van der Waals surface area contributed by atoms with E-state index < -0.39 is 0 Å². The number of aryl methyl sites for hydroxylation is 1. The molecule has 1 aromatic carbocycles. The Balaban J connectivity index is 1.47. The first kappa shape index (κ1) is 15.8. The van der Waals surface area contributed by atoms with Crippen LogP contribution in [0.4, 0.5) is 15.6 Å². The van der Waals surface area contributed by atoms with Gasteiger partial charge in [-0.05, 0) is 43.4 Å². The van der Waals surface area contributed by atoms with Crippen molar-refractivity contribution in [3.8, 4) is 0 Å². The highest BCUT2D eigenvalue weighted by Gasteiger charge is 2.21. The van der Waals surface area contributed by atoms with Gasteiger partial charge in [-0.3, -0.25) is 0 Å². The zero-order valence-electron chi connectivity index (χ0n) is 13.3. The summed E-state index contributed by atoms with van der Waals surface area (Å²) in [5.74, 6) is 0.468. The van der Waals surface area contributed by atoms with E-state index in [4.69, 9.17) is 0 Å². The topological polar surface area (TPSA) is 57.3 Å². The van der Waals surface area contributed by atoms with E-state index in [2.05, 4.69) is 20.5 Å². The summed E-state index contributed by atoms with van der Waals surface area (Å²) >= 11 is 1.67. The highest BCUT2D eigenvalue weighted by molar-refractivity contribution is 7.13. The van der Waals surface area contributed by atoms with Gasteiger partial charge >= 0.3 is 6.03 Å². The number of hydrogen-bond acceptors (Lipinski definition) is 4. The van der Waals surface area contributed by atoms with Crippen molar-refractivity contribution in [3.05, 3.63) is 41.4 Å². The molecule has 0 bridgehead atoms. The molecule has 0 radical (unpaired) electrons. The van der Waals surface area contributed by atoms with Crippen molar-refractivity contribution in [2.75, 3.05) is 29.9 Å². The van der Waals surface area contributed by atoms with Crippen LogP contribution < -0.4 is 15.5 Å². The molecule has 23 heavy (non-hydrogen) atoms. The first-order valence-electron chi connectivity index (χ1n) is 7.96. The number of nitrogens with one attached hydrogen (secondary N) is 2. The van der Waals surface area contributed by atoms with Crippen LogP contribution in [0.5, 0.6) is 0 Å². The molecule has 2 aromatic rings. The lowest BCUT2D eigenvalue weighted by molar-refractivity contribution is 0.249. The summed E-state index contributed by atoms with van der Waals surface area (Å²) in [6.07, 6.45) is 4.13. The molecule has 3 rings (SSSR count). The Bertz CT molecular complexity index is 644. The number of thiazole rings is 1. The molecular weight excluding hydrogens is 308 g/mol. The van der Waals surface area contributed by atoms with Crippen molar-refractivity contribution in [3.63, 3.8) is 0 Å². The molecule has 1 fully saturated rings. The third-order valence-electron chi connectivity index (χ3n) is 4.04. The number of rotatable bonds is 4. The fourth-order valence-electron chi connectivity index (χ4n) is 2.91. The lowest BCUT2D eigenvalue weighted by Crippen LogP contribution is -2.42. The molecule has 2 heterocycles. The second-order valence-corrected chi connectivity index (χ2v) is 6.85. The van der Waals surface area contributed by atoms with Gasteiger partial charge in [0.1, 0.15) is 0 Å². The van der Waals surface area contributed by atoms with Crippen molar-refractivity contribution in [1.82, 2.24) is 10.3 Å². The fourth-order valence-corrected chi connectivity index (χ4v) is 3.59. The van der Waals surface area contributed by atoms with E-state index in [-0.39, 0.29) is 6.03 Å². The summed E-state index contributed by atoms with van der Waals surface area (Å²) in [5, 5.41) is 8.97. The molecule has 1 atom stereocenters. The van der Waals surface area contributed by atoms with E-state index in [1.807, 2.05) is 42.8 Å². The van der Waals surface area contributed by atoms with Gasteiger partial charge in [-0.25, -0.2) is 9.78 Å². The quantitative estimate of drug-likeness (QED) is 0.902. The molecule has 1 aromatic heterocycles. The van der Waals surface area contributed by atoms with Crippen molar-refractivity contribution in [2.45, 2.75) is 19.8 Å². The number of nitrogens with zero attached hydrogens (tertiary/aromatic N) is 2. The lowest BCUT2D eigenvalue weighted by Gasteiger charge is -2.32. The molecule has 2 amide bonds. The molecule has 1 aliphatic rings. The molecule has 1 aliphatic heterocycles. The average molecular weight is 330 g/mol. The van der Waals surface area contributed by atoms with E-state index >= 15 is 0 Å². The maximum Gasteiger partial charge on any atom is 0.319 e. The highest BCUT2D eigenvalue weighted by atomic mass is 32.1. The van der Waals surface area contributed by atoms with Crippen LogP contribution in [0.1, 0.15) is 18.4 Å². The molecule has 1 unspecified atom stereocenters. The minimum atomic E-state index is -0.137. The number of carbonyl (C=O) groups is 1. The molecule has 2 N–H and O–H groups in total. The number of amides is 2. The van der Waals surface area contributed by atoms with Crippen LogP contribution in [0.3, 0.4) is 0 Å². The van der Waals surface area contributed by atoms with Crippen LogP contribution in [0.15, 0.2) is 35.8 Å². The number of piperidine rings is 1. The van der Waals surface area contributed by atoms with E-state index in [1.54, 1.807) is 11.3 Å². The zero-order valence-corrected chi connectivity index (χ0v) is 14.1. The second kappa shape index (κ2) is 7.46. The van der Waals surface area contributed by atoms with Crippen molar-refractivity contribution in [1.29, 1.82) is 0 Å². The Morgan fingerprint density at radius 3 is 3.17 bits per heavy atom. The maximum atomic E-state index is 12.0. The number of aromatic nitrogens is 1. The summed E-state index contributed by atoms with van der Waals surface area (Å²) in [5.41, 5.74) is 1.96. The van der Waals surface area contributed by atoms with Gasteiger partial charge in [-0.15, -0.1) is 11.3 Å². The average Bonchev–Trinajstić information content (AvgIpc) is 3.08. The smallest absolute Gasteiger partial charge is 0.319 e. The first-order chi connectivity index (χ1) is 11.2. The molecule has 122 valence electrons. The monoisotopic (exact) mass is 330 g/mol. The van der Waals surface area contributed by atoms with Crippen LogP contribution >= 0.6 is 11.3 Å². The van der Waals surface area contributed by atoms with Crippen LogP contribution in [-0.4, -0.2) is 30.6 Å². The van der Waals surface area contributed by atoms with Crippen LogP contribution in [0.2, 0.25) is 0 Å². The summed E-state index contributed by atoms with van der Waals surface area (Å²) in [6, 6.07) is 7.68. The Hall–Kier alpha value is -2.08. The third-order valence-corrected chi connectivity index (χ3v) is 4.87. The SMILES string of the molecule is Cc1cccc(NC(=O)NCC2CCCN(c3nccs3)C2)c1. The van der Waals surface area contributed by atoms with Crippen LogP contribution in [-0.2, 0) is 0 Å². The van der Waals surface area contributed by atoms with E-state index in [0.717, 1.165) is 42.3 Å². The lowest BCUT2D eigenvalue weighted by atomic mass is 9.98. The number of urea groups is 1. The third kappa shape index (κ3) is 4.45. The van der Waals surface area contributed by atoms with Gasteiger partial charge < -0.3 is 15.5 Å². The molecule has 6 heteroatoms. The maximum absolute atomic E-state index is 12.0. The van der Waals surface area contributed by atoms with Crippen LogP contribution in [0.25, 0.3) is 0 Å².